The first-order chi connectivity index (χ1) is 16.2. The molecule has 0 aromatic heterocycles. The van der Waals surface area contributed by atoms with Crippen molar-refractivity contribution < 1.29 is 9.53 Å². The lowest BCUT2D eigenvalue weighted by molar-refractivity contribution is -0.139. The second-order valence-corrected chi connectivity index (χ2v) is 10.3. The fraction of sp³-hybridized carbons (Fsp3) is 0.903. The third kappa shape index (κ3) is 25.7. The molecule has 33 heavy (non-hydrogen) atoms. The van der Waals surface area contributed by atoms with Crippen molar-refractivity contribution in [3.63, 3.8) is 0 Å². The molecule has 1 atom stereocenters. The Bertz CT molecular complexity index is 404. The van der Waals surface area contributed by atoms with Gasteiger partial charge in [0, 0.05) is 6.08 Å². The first-order valence-electron chi connectivity index (χ1n) is 15.0. The number of carbonyl (C=O) groups is 1. The van der Waals surface area contributed by atoms with Gasteiger partial charge in [0.2, 0.25) is 0 Å². The largest absolute Gasteiger partial charge is 0.462 e. The molecule has 0 radical (unpaired) electrons. The molecule has 0 spiro atoms. The van der Waals surface area contributed by atoms with E-state index in [-0.39, 0.29) is 5.97 Å². The van der Waals surface area contributed by atoms with Crippen LogP contribution in [0.1, 0.15) is 168 Å². The Hall–Kier alpha value is -0.790. The van der Waals surface area contributed by atoms with Crippen LogP contribution in [0.2, 0.25) is 0 Å². The van der Waals surface area contributed by atoms with Crippen LogP contribution in [-0.2, 0) is 9.53 Å². The number of hydrogen-bond acceptors (Lipinski definition) is 2. The summed E-state index contributed by atoms with van der Waals surface area (Å²) in [6.07, 6.45) is 34.2. The van der Waals surface area contributed by atoms with Gasteiger partial charge in [-0.25, -0.2) is 4.79 Å². The van der Waals surface area contributed by atoms with Crippen LogP contribution in [0.25, 0.3) is 0 Å². The summed E-state index contributed by atoms with van der Waals surface area (Å²) in [5.41, 5.74) is 0. The Kier molecular flexibility index (Phi) is 26.8. The quantitative estimate of drug-likeness (QED) is 0.0686. The minimum Gasteiger partial charge on any atom is -0.462 e. The van der Waals surface area contributed by atoms with Crippen molar-refractivity contribution in [2.24, 2.45) is 5.92 Å². The molecule has 0 aromatic rings. The third-order valence-electron chi connectivity index (χ3n) is 7.06. The van der Waals surface area contributed by atoms with Gasteiger partial charge in [0.05, 0.1) is 6.61 Å². The number of hydrogen-bond donors (Lipinski definition) is 0. The van der Waals surface area contributed by atoms with Gasteiger partial charge in [0.1, 0.15) is 0 Å². The first kappa shape index (κ1) is 32.2. The van der Waals surface area contributed by atoms with Gasteiger partial charge in [-0.15, -0.1) is 0 Å². The molecule has 1 unspecified atom stereocenters. The van der Waals surface area contributed by atoms with Crippen LogP contribution in [0.15, 0.2) is 12.7 Å². The molecule has 196 valence electrons. The second kappa shape index (κ2) is 27.5. The molecule has 0 amide bonds. The van der Waals surface area contributed by atoms with Crippen molar-refractivity contribution in [2.75, 3.05) is 6.61 Å². The van der Waals surface area contributed by atoms with E-state index in [2.05, 4.69) is 20.4 Å². The number of esters is 1. The molecule has 0 rings (SSSR count). The predicted octanol–water partition coefficient (Wildman–Crippen LogP) is 10.7. The standard InChI is InChI=1S/C31H60O2/c1-4-7-9-11-13-15-17-18-20-22-24-26-28-30(29-33-31(32)6-3)27-25-23-21-19-16-14-12-10-8-5-2/h6,30H,3-5,7-29H2,1-2H3. The molecule has 2 nitrogen and oxygen atoms in total. The minimum atomic E-state index is -0.266. The summed E-state index contributed by atoms with van der Waals surface area (Å²) in [7, 11) is 0. The highest BCUT2D eigenvalue weighted by atomic mass is 16.5. The van der Waals surface area contributed by atoms with E-state index in [0.717, 1.165) is 0 Å². The second-order valence-electron chi connectivity index (χ2n) is 10.3. The lowest BCUT2D eigenvalue weighted by Crippen LogP contribution is -2.13. The minimum absolute atomic E-state index is 0.266. The highest BCUT2D eigenvalue weighted by Crippen LogP contribution is 2.20. The molecule has 0 saturated heterocycles. The van der Waals surface area contributed by atoms with Gasteiger partial charge in [-0.05, 0) is 18.8 Å². The number of ether oxygens (including phenoxy) is 1. The Morgan fingerprint density at radius 1 is 0.576 bits per heavy atom. The molecular formula is C31H60O2. The zero-order valence-corrected chi connectivity index (χ0v) is 22.9. The van der Waals surface area contributed by atoms with Gasteiger partial charge in [-0.2, -0.15) is 0 Å². The van der Waals surface area contributed by atoms with Gasteiger partial charge in [-0.1, -0.05) is 162 Å². The van der Waals surface area contributed by atoms with Gasteiger partial charge in [0.15, 0.2) is 0 Å². The van der Waals surface area contributed by atoms with Crippen LogP contribution < -0.4 is 0 Å². The molecule has 0 N–H and O–H groups in total. The molecule has 0 aromatic carbocycles. The molecular weight excluding hydrogens is 404 g/mol. The van der Waals surface area contributed by atoms with Crippen LogP contribution in [-0.4, -0.2) is 12.6 Å². The third-order valence-corrected chi connectivity index (χ3v) is 7.06. The van der Waals surface area contributed by atoms with E-state index in [0.29, 0.717) is 12.5 Å². The SMILES string of the molecule is C=CC(=O)OCC(CCCCCCCCCCCC)CCCCCCCCCCCCCC. The summed E-state index contributed by atoms with van der Waals surface area (Å²) >= 11 is 0. The van der Waals surface area contributed by atoms with E-state index in [1.165, 1.54) is 160 Å². The Morgan fingerprint density at radius 2 is 0.879 bits per heavy atom. The van der Waals surface area contributed by atoms with E-state index in [4.69, 9.17) is 4.74 Å². The van der Waals surface area contributed by atoms with Crippen LogP contribution in [0, 0.1) is 5.92 Å². The van der Waals surface area contributed by atoms with Crippen molar-refractivity contribution in [1.29, 1.82) is 0 Å². The molecule has 0 bridgehead atoms. The predicted molar refractivity (Wildman–Crippen MR) is 147 cm³/mol. The molecule has 2 heteroatoms. The van der Waals surface area contributed by atoms with Gasteiger partial charge in [-0.3, -0.25) is 0 Å². The zero-order valence-electron chi connectivity index (χ0n) is 22.9. The average molecular weight is 465 g/mol. The maximum Gasteiger partial charge on any atom is 0.330 e. The van der Waals surface area contributed by atoms with E-state index in [1.54, 1.807) is 0 Å². The van der Waals surface area contributed by atoms with Crippen LogP contribution >= 0.6 is 0 Å². The summed E-state index contributed by atoms with van der Waals surface area (Å²) in [5, 5.41) is 0. The Labute approximate surface area is 208 Å². The normalized spacial score (nSPS) is 12.1. The lowest BCUT2D eigenvalue weighted by atomic mass is 9.94. The molecule has 0 fully saturated rings. The Morgan fingerprint density at radius 3 is 1.18 bits per heavy atom. The fourth-order valence-electron chi connectivity index (χ4n) is 4.76. The lowest BCUT2D eigenvalue weighted by Gasteiger charge is -2.16. The summed E-state index contributed by atoms with van der Waals surface area (Å²) in [4.78, 5) is 11.5. The summed E-state index contributed by atoms with van der Waals surface area (Å²) < 4.78 is 5.40. The van der Waals surface area contributed by atoms with E-state index in [9.17, 15) is 4.79 Å². The van der Waals surface area contributed by atoms with Gasteiger partial charge < -0.3 is 4.74 Å². The highest BCUT2D eigenvalue weighted by Gasteiger charge is 2.11. The van der Waals surface area contributed by atoms with Crippen LogP contribution in [0.4, 0.5) is 0 Å². The maximum absolute atomic E-state index is 11.5. The average Bonchev–Trinajstić information content (AvgIpc) is 2.83. The fourth-order valence-corrected chi connectivity index (χ4v) is 4.76. The van der Waals surface area contributed by atoms with Crippen molar-refractivity contribution in [3.05, 3.63) is 12.7 Å². The monoisotopic (exact) mass is 464 g/mol. The summed E-state index contributed by atoms with van der Waals surface area (Å²) in [5.74, 6) is 0.267. The van der Waals surface area contributed by atoms with E-state index >= 15 is 0 Å². The van der Waals surface area contributed by atoms with Crippen LogP contribution in [0.3, 0.4) is 0 Å². The molecule has 0 saturated carbocycles. The molecule has 0 heterocycles. The first-order valence-corrected chi connectivity index (χ1v) is 15.0. The highest BCUT2D eigenvalue weighted by molar-refractivity contribution is 5.81. The van der Waals surface area contributed by atoms with Gasteiger partial charge in [0.25, 0.3) is 0 Å². The van der Waals surface area contributed by atoms with Crippen molar-refractivity contribution in [2.45, 2.75) is 168 Å². The summed E-state index contributed by atoms with van der Waals surface area (Å²) in [6, 6.07) is 0. The van der Waals surface area contributed by atoms with E-state index < -0.39 is 0 Å². The molecule has 0 aliphatic rings. The summed E-state index contributed by atoms with van der Waals surface area (Å²) in [6.45, 7) is 8.68. The molecule has 0 aliphatic carbocycles. The van der Waals surface area contributed by atoms with Crippen molar-refractivity contribution >= 4 is 5.97 Å². The Balaban J connectivity index is 3.73. The number of rotatable bonds is 27. The van der Waals surface area contributed by atoms with Gasteiger partial charge >= 0.3 is 5.97 Å². The van der Waals surface area contributed by atoms with Crippen LogP contribution in [0.5, 0.6) is 0 Å². The smallest absolute Gasteiger partial charge is 0.330 e. The van der Waals surface area contributed by atoms with Crippen molar-refractivity contribution in [3.8, 4) is 0 Å². The van der Waals surface area contributed by atoms with E-state index in [1.807, 2.05) is 0 Å². The topological polar surface area (TPSA) is 26.3 Å². The number of unbranched alkanes of at least 4 members (excludes halogenated alkanes) is 20. The van der Waals surface area contributed by atoms with Crippen molar-refractivity contribution in [1.82, 2.24) is 0 Å². The molecule has 0 aliphatic heterocycles. The number of carbonyl (C=O) groups excluding carboxylic acids is 1. The zero-order chi connectivity index (χ0) is 24.2. The maximum atomic E-state index is 11.5.